The quantitative estimate of drug-likeness (QED) is 0.830. The summed E-state index contributed by atoms with van der Waals surface area (Å²) in [6, 6.07) is 9.29. The van der Waals surface area contributed by atoms with Crippen LogP contribution < -0.4 is 14.8 Å². The van der Waals surface area contributed by atoms with Gasteiger partial charge in [-0.25, -0.2) is 4.79 Å². The molecule has 0 unspecified atom stereocenters. The molecule has 0 atom stereocenters. The van der Waals surface area contributed by atoms with E-state index in [0.29, 0.717) is 17.9 Å². The zero-order valence-corrected chi connectivity index (χ0v) is 13.9. The van der Waals surface area contributed by atoms with Gasteiger partial charge in [0.25, 0.3) is 5.91 Å². The summed E-state index contributed by atoms with van der Waals surface area (Å²) in [5.41, 5.74) is 0.558. The molecule has 2 aromatic rings. The van der Waals surface area contributed by atoms with E-state index in [2.05, 4.69) is 5.32 Å². The summed E-state index contributed by atoms with van der Waals surface area (Å²) in [5.74, 6) is -0.889. The van der Waals surface area contributed by atoms with Crippen molar-refractivity contribution in [2.45, 2.75) is 6.92 Å². The lowest BCUT2D eigenvalue weighted by Crippen LogP contribution is -2.13. The van der Waals surface area contributed by atoms with E-state index in [1.165, 1.54) is 19.2 Å². The molecule has 7 heteroatoms. The van der Waals surface area contributed by atoms with E-state index in [9.17, 15) is 9.59 Å². The molecule has 0 fully saturated rings. The van der Waals surface area contributed by atoms with Crippen LogP contribution in [0, 0.1) is 0 Å². The normalized spacial score (nSPS) is 10.1. The second-order valence-corrected chi connectivity index (χ2v) is 5.16. The molecule has 0 heterocycles. The van der Waals surface area contributed by atoms with Crippen LogP contribution in [0.2, 0.25) is 5.02 Å². The van der Waals surface area contributed by atoms with Crippen LogP contribution in [-0.4, -0.2) is 30.7 Å². The Morgan fingerprint density at radius 3 is 2.62 bits per heavy atom. The molecular weight excluding hydrogens is 334 g/mol. The summed E-state index contributed by atoms with van der Waals surface area (Å²) in [4.78, 5) is 23.5. The molecule has 2 N–H and O–H groups in total. The van der Waals surface area contributed by atoms with E-state index in [0.717, 1.165) is 0 Å². The molecular formula is C17H16ClNO5. The van der Waals surface area contributed by atoms with Gasteiger partial charge < -0.3 is 19.9 Å². The number of nitrogens with one attached hydrogen (secondary N) is 1. The summed E-state index contributed by atoms with van der Waals surface area (Å²) in [6.45, 7) is 2.34. The minimum absolute atomic E-state index is 0.0844. The molecule has 0 bridgehead atoms. The first-order valence-corrected chi connectivity index (χ1v) is 7.49. The van der Waals surface area contributed by atoms with Gasteiger partial charge in [0, 0.05) is 11.6 Å². The lowest BCUT2D eigenvalue weighted by atomic mass is 10.1. The SMILES string of the molecule is CCOc1cccc(C(=O)Nc2cc(OC)c(C(=O)O)cc2Cl)c1. The summed E-state index contributed by atoms with van der Waals surface area (Å²) in [7, 11) is 1.34. The van der Waals surface area contributed by atoms with Crippen LogP contribution in [0.3, 0.4) is 0 Å². The second kappa shape index (κ2) is 7.70. The number of hydrogen-bond acceptors (Lipinski definition) is 4. The van der Waals surface area contributed by atoms with Crippen LogP contribution in [0.5, 0.6) is 11.5 Å². The number of methoxy groups -OCH3 is 1. The zero-order valence-electron chi connectivity index (χ0n) is 13.1. The van der Waals surface area contributed by atoms with E-state index in [1.54, 1.807) is 24.3 Å². The van der Waals surface area contributed by atoms with Crippen LogP contribution in [0.15, 0.2) is 36.4 Å². The summed E-state index contributed by atoms with van der Waals surface area (Å²) in [5, 5.41) is 11.9. The number of hydrogen-bond donors (Lipinski definition) is 2. The predicted molar refractivity (Wildman–Crippen MR) is 90.5 cm³/mol. The van der Waals surface area contributed by atoms with Gasteiger partial charge in [-0.1, -0.05) is 17.7 Å². The Bertz CT molecular complexity index is 776. The van der Waals surface area contributed by atoms with Gasteiger partial charge in [0.2, 0.25) is 0 Å². The fourth-order valence-electron chi connectivity index (χ4n) is 2.07. The smallest absolute Gasteiger partial charge is 0.339 e. The fourth-order valence-corrected chi connectivity index (χ4v) is 2.28. The van der Waals surface area contributed by atoms with E-state index >= 15 is 0 Å². The Hall–Kier alpha value is -2.73. The number of ether oxygens (including phenoxy) is 2. The Labute approximate surface area is 144 Å². The van der Waals surface area contributed by atoms with Gasteiger partial charge in [-0.3, -0.25) is 4.79 Å². The molecule has 1 amide bonds. The summed E-state index contributed by atoms with van der Waals surface area (Å²) < 4.78 is 10.4. The first-order valence-electron chi connectivity index (χ1n) is 7.11. The van der Waals surface area contributed by atoms with E-state index in [1.807, 2.05) is 6.92 Å². The molecule has 0 radical (unpaired) electrons. The molecule has 0 aromatic heterocycles. The number of halogens is 1. The van der Waals surface area contributed by atoms with Gasteiger partial charge in [0.1, 0.15) is 17.1 Å². The lowest BCUT2D eigenvalue weighted by Gasteiger charge is -2.12. The predicted octanol–water partition coefficient (Wildman–Crippen LogP) is 3.70. The largest absolute Gasteiger partial charge is 0.496 e. The number of anilines is 1. The molecule has 126 valence electrons. The first kappa shape index (κ1) is 17.6. The highest BCUT2D eigenvalue weighted by molar-refractivity contribution is 6.34. The third-order valence-corrected chi connectivity index (χ3v) is 3.49. The van der Waals surface area contributed by atoms with Crippen molar-refractivity contribution in [3.63, 3.8) is 0 Å². The van der Waals surface area contributed by atoms with Crippen molar-refractivity contribution in [2.24, 2.45) is 0 Å². The molecule has 6 nitrogen and oxygen atoms in total. The molecule has 0 aliphatic rings. The average Bonchev–Trinajstić information content (AvgIpc) is 2.56. The highest BCUT2D eigenvalue weighted by Crippen LogP contribution is 2.31. The van der Waals surface area contributed by atoms with Crippen molar-refractivity contribution in [1.29, 1.82) is 0 Å². The number of carbonyl (C=O) groups excluding carboxylic acids is 1. The Kier molecular flexibility index (Phi) is 5.65. The van der Waals surface area contributed by atoms with Gasteiger partial charge in [-0.05, 0) is 31.2 Å². The van der Waals surface area contributed by atoms with Crippen LogP contribution >= 0.6 is 11.6 Å². The number of carbonyl (C=O) groups is 2. The van der Waals surface area contributed by atoms with Crippen LogP contribution in [0.4, 0.5) is 5.69 Å². The number of carboxylic acid groups (broad SMARTS) is 1. The summed E-state index contributed by atoms with van der Waals surface area (Å²) >= 11 is 6.06. The number of aromatic carboxylic acids is 1. The minimum atomic E-state index is -1.17. The number of benzene rings is 2. The van der Waals surface area contributed by atoms with Crippen molar-refractivity contribution in [2.75, 3.05) is 19.0 Å². The Balaban J connectivity index is 2.29. The Morgan fingerprint density at radius 1 is 1.25 bits per heavy atom. The van der Waals surface area contributed by atoms with Gasteiger partial charge in [-0.15, -0.1) is 0 Å². The molecule has 2 aromatic carbocycles. The average molecular weight is 350 g/mol. The summed E-state index contributed by atoms with van der Waals surface area (Å²) in [6.07, 6.45) is 0. The standard InChI is InChI=1S/C17H16ClNO5/c1-3-24-11-6-4-5-10(7-11)16(20)19-14-9-15(23-2)12(17(21)22)8-13(14)18/h4-9H,3H2,1-2H3,(H,19,20)(H,21,22). The molecule has 0 spiro atoms. The van der Waals surface area contributed by atoms with Crippen molar-refractivity contribution < 1.29 is 24.2 Å². The molecule has 2 rings (SSSR count). The molecule has 0 saturated heterocycles. The van der Waals surface area contributed by atoms with Crippen molar-refractivity contribution in [3.05, 3.63) is 52.5 Å². The van der Waals surface area contributed by atoms with E-state index < -0.39 is 11.9 Å². The molecule has 24 heavy (non-hydrogen) atoms. The van der Waals surface area contributed by atoms with E-state index in [-0.39, 0.29) is 22.0 Å². The van der Waals surface area contributed by atoms with Crippen molar-refractivity contribution in [1.82, 2.24) is 0 Å². The maximum atomic E-state index is 12.4. The third-order valence-electron chi connectivity index (χ3n) is 3.18. The lowest BCUT2D eigenvalue weighted by molar-refractivity contribution is 0.0693. The molecule has 0 aliphatic heterocycles. The highest BCUT2D eigenvalue weighted by Gasteiger charge is 2.17. The second-order valence-electron chi connectivity index (χ2n) is 4.75. The number of carboxylic acids is 1. The fraction of sp³-hybridized carbons (Fsp3) is 0.176. The van der Waals surface area contributed by atoms with Crippen LogP contribution in [0.25, 0.3) is 0 Å². The zero-order chi connectivity index (χ0) is 17.7. The van der Waals surface area contributed by atoms with Crippen molar-refractivity contribution in [3.8, 4) is 11.5 Å². The van der Waals surface area contributed by atoms with Gasteiger partial charge in [0.05, 0.1) is 24.4 Å². The first-order chi connectivity index (χ1) is 11.5. The van der Waals surface area contributed by atoms with E-state index in [4.69, 9.17) is 26.2 Å². The molecule has 0 saturated carbocycles. The van der Waals surface area contributed by atoms with Crippen LogP contribution in [-0.2, 0) is 0 Å². The van der Waals surface area contributed by atoms with Gasteiger partial charge in [0.15, 0.2) is 0 Å². The minimum Gasteiger partial charge on any atom is -0.496 e. The Morgan fingerprint density at radius 2 is 2.00 bits per heavy atom. The monoisotopic (exact) mass is 349 g/mol. The number of amides is 1. The highest BCUT2D eigenvalue weighted by atomic mass is 35.5. The maximum Gasteiger partial charge on any atom is 0.339 e. The molecule has 0 aliphatic carbocycles. The van der Waals surface area contributed by atoms with Gasteiger partial charge >= 0.3 is 5.97 Å². The topological polar surface area (TPSA) is 84.9 Å². The van der Waals surface area contributed by atoms with Gasteiger partial charge in [-0.2, -0.15) is 0 Å². The third kappa shape index (κ3) is 3.97. The maximum absolute atomic E-state index is 12.4. The van der Waals surface area contributed by atoms with Crippen LogP contribution in [0.1, 0.15) is 27.6 Å². The van der Waals surface area contributed by atoms with Crippen molar-refractivity contribution >= 4 is 29.2 Å². The number of rotatable bonds is 6.